The molecule has 8 heteroatoms. The molecule has 112 valence electrons. The summed E-state index contributed by atoms with van der Waals surface area (Å²) in [5.74, 6) is 0.909. The van der Waals surface area contributed by atoms with Crippen LogP contribution in [0.15, 0.2) is 29.1 Å². The van der Waals surface area contributed by atoms with Gasteiger partial charge in [-0.1, -0.05) is 18.5 Å². The van der Waals surface area contributed by atoms with Crippen LogP contribution < -0.4 is 5.32 Å². The van der Waals surface area contributed by atoms with E-state index in [0.29, 0.717) is 10.8 Å². The number of carbonyl (C=O) groups is 1. The lowest BCUT2D eigenvalue weighted by Gasteiger charge is -2.09. The summed E-state index contributed by atoms with van der Waals surface area (Å²) < 4.78 is 2.42. The number of anilines is 1. The third-order valence-corrected chi connectivity index (χ3v) is 4.27. The van der Waals surface area contributed by atoms with Gasteiger partial charge < -0.3 is 5.32 Å². The largest absolute Gasteiger partial charge is 0.308 e. The zero-order valence-corrected chi connectivity index (χ0v) is 14.7. The van der Waals surface area contributed by atoms with Gasteiger partial charge in [0.1, 0.15) is 5.02 Å². The number of hydrogen-bond donors (Lipinski definition) is 1. The molecule has 2 aromatic rings. The zero-order chi connectivity index (χ0) is 15.4. The average Bonchev–Trinajstić information content (AvgIpc) is 2.80. The highest BCUT2D eigenvalue weighted by molar-refractivity contribution is 9.10. The van der Waals surface area contributed by atoms with Crippen molar-refractivity contribution in [3.63, 3.8) is 0 Å². The van der Waals surface area contributed by atoms with Crippen LogP contribution in [0.2, 0.25) is 5.02 Å². The number of hydrogen-bond acceptors (Lipinski definition) is 4. The molecule has 0 aliphatic heterocycles. The van der Waals surface area contributed by atoms with Crippen molar-refractivity contribution in [3.8, 4) is 5.69 Å². The number of carbonyl (C=O) groups excluding carboxylic acids is 1. The summed E-state index contributed by atoms with van der Waals surface area (Å²) in [5.41, 5.74) is 0.754. The maximum Gasteiger partial charge on any atom is 0.229 e. The van der Waals surface area contributed by atoms with Crippen molar-refractivity contribution in [1.29, 1.82) is 0 Å². The molecule has 0 radical (unpaired) electrons. The van der Waals surface area contributed by atoms with Gasteiger partial charge in [0.05, 0.1) is 18.1 Å². The molecule has 0 spiro atoms. The van der Waals surface area contributed by atoms with Gasteiger partial charge in [0, 0.05) is 22.3 Å². The number of nitrogens with zero attached hydrogens (tertiary/aromatic N) is 3. The normalized spacial score (nSPS) is 12.2. The maximum absolute atomic E-state index is 12.0. The van der Waals surface area contributed by atoms with Gasteiger partial charge in [-0.15, -0.1) is 5.10 Å². The third kappa shape index (κ3) is 4.21. The average molecular weight is 390 g/mol. The van der Waals surface area contributed by atoms with Crippen LogP contribution in [0.25, 0.3) is 5.69 Å². The van der Waals surface area contributed by atoms with Gasteiger partial charge in [0.15, 0.2) is 5.82 Å². The molecule has 2 rings (SSSR count). The van der Waals surface area contributed by atoms with Crippen LogP contribution in [0.5, 0.6) is 0 Å². The first-order valence-corrected chi connectivity index (χ1v) is 8.73. The predicted octanol–water partition coefficient (Wildman–Crippen LogP) is 3.62. The van der Waals surface area contributed by atoms with E-state index in [1.807, 2.05) is 19.2 Å². The van der Waals surface area contributed by atoms with Crippen LogP contribution in [0.4, 0.5) is 5.82 Å². The Morgan fingerprint density at radius 3 is 3.00 bits per heavy atom. The molecular weight excluding hydrogens is 376 g/mol. The van der Waals surface area contributed by atoms with Crippen LogP contribution in [0.1, 0.15) is 6.92 Å². The van der Waals surface area contributed by atoms with Gasteiger partial charge in [0.2, 0.25) is 5.91 Å². The number of thioether (sulfide) groups is 1. The Morgan fingerprint density at radius 1 is 1.57 bits per heavy atom. The summed E-state index contributed by atoms with van der Waals surface area (Å²) in [6, 6.07) is 1.86. The Bertz CT molecular complexity index is 649. The maximum atomic E-state index is 12.0. The van der Waals surface area contributed by atoms with Crippen molar-refractivity contribution in [3.05, 3.63) is 34.2 Å². The molecule has 0 bridgehead atoms. The van der Waals surface area contributed by atoms with E-state index in [4.69, 9.17) is 11.6 Å². The van der Waals surface area contributed by atoms with E-state index in [1.165, 1.54) is 0 Å². The molecular formula is C13H14BrClN4OS. The van der Waals surface area contributed by atoms with Crippen molar-refractivity contribution in [1.82, 2.24) is 14.8 Å². The van der Waals surface area contributed by atoms with Gasteiger partial charge in [-0.05, 0) is 28.3 Å². The number of nitrogens with one attached hydrogen (secondary N) is 1. The molecule has 1 unspecified atom stereocenters. The van der Waals surface area contributed by atoms with Gasteiger partial charge in [-0.2, -0.15) is 11.8 Å². The van der Waals surface area contributed by atoms with Gasteiger partial charge in [0.25, 0.3) is 0 Å². The van der Waals surface area contributed by atoms with E-state index >= 15 is 0 Å². The Morgan fingerprint density at radius 2 is 2.33 bits per heavy atom. The lowest BCUT2D eigenvalue weighted by atomic mass is 10.2. The smallest absolute Gasteiger partial charge is 0.229 e. The Hall–Kier alpha value is -1.05. The molecule has 1 atom stereocenters. The molecule has 0 aliphatic rings. The summed E-state index contributed by atoms with van der Waals surface area (Å²) in [4.78, 5) is 16.1. The van der Waals surface area contributed by atoms with Crippen molar-refractivity contribution >= 4 is 51.0 Å². The molecule has 0 saturated heterocycles. The number of aromatic nitrogens is 3. The monoisotopic (exact) mass is 388 g/mol. The molecule has 0 aromatic carbocycles. The Balaban J connectivity index is 2.18. The minimum Gasteiger partial charge on any atom is -0.308 e. The first-order valence-electron chi connectivity index (χ1n) is 6.17. The SMILES string of the molecule is CSCC(C)C(=O)Nc1nn(-c2cncc(Br)c2)cc1Cl. The summed E-state index contributed by atoms with van der Waals surface area (Å²) >= 11 is 11.1. The summed E-state index contributed by atoms with van der Waals surface area (Å²) in [6.45, 7) is 1.87. The van der Waals surface area contributed by atoms with Crippen molar-refractivity contribution in [2.24, 2.45) is 5.92 Å². The van der Waals surface area contributed by atoms with Gasteiger partial charge >= 0.3 is 0 Å². The molecule has 0 aliphatic carbocycles. The standard InChI is InChI=1S/C13H14BrClN4OS/c1-8(7-21-2)13(20)17-12-11(15)6-19(18-12)10-3-9(14)4-16-5-10/h3-6,8H,7H2,1-2H3,(H,17,18,20). The fourth-order valence-electron chi connectivity index (χ4n) is 1.66. The zero-order valence-electron chi connectivity index (χ0n) is 11.5. The van der Waals surface area contributed by atoms with Crippen molar-refractivity contribution in [2.45, 2.75) is 6.92 Å². The fourth-order valence-corrected chi connectivity index (χ4v) is 2.84. The first kappa shape index (κ1) is 16.3. The molecule has 1 amide bonds. The second-order valence-electron chi connectivity index (χ2n) is 4.48. The van der Waals surface area contributed by atoms with Gasteiger partial charge in [-0.25, -0.2) is 4.68 Å². The Labute approximate surface area is 140 Å². The number of amides is 1. The number of halogens is 2. The molecule has 5 nitrogen and oxygen atoms in total. The highest BCUT2D eigenvalue weighted by atomic mass is 79.9. The molecule has 0 saturated carbocycles. The highest BCUT2D eigenvalue weighted by Gasteiger charge is 2.16. The van der Waals surface area contributed by atoms with Gasteiger partial charge in [-0.3, -0.25) is 9.78 Å². The molecule has 2 aromatic heterocycles. The Kier molecular flexibility index (Phi) is 5.66. The van der Waals surface area contributed by atoms with Crippen molar-refractivity contribution < 1.29 is 4.79 Å². The van der Waals surface area contributed by atoms with E-state index in [-0.39, 0.29) is 11.8 Å². The van der Waals surface area contributed by atoms with Crippen LogP contribution in [-0.4, -0.2) is 32.7 Å². The minimum absolute atomic E-state index is 0.0936. The number of rotatable bonds is 5. The predicted molar refractivity (Wildman–Crippen MR) is 90.2 cm³/mol. The lowest BCUT2D eigenvalue weighted by Crippen LogP contribution is -2.22. The van der Waals surface area contributed by atoms with Crippen LogP contribution in [0.3, 0.4) is 0 Å². The second-order valence-corrected chi connectivity index (χ2v) is 6.71. The molecule has 2 heterocycles. The third-order valence-electron chi connectivity index (χ3n) is 2.73. The van der Waals surface area contributed by atoms with Crippen molar-refractivity contribution in [2.75, 3.05) is 17.3 Å². The molecule has 1 N–H and O–H groups in total. The number of pyridine rings is 1. The second kappa shape index (κ2) is 7.29. The lowest BCUT2D eigenvalue weighted by molar-refractivity contribution is -0.118. The summed E-state index contributed by atoms with van der Waals surface area (Å²) in [7, 11) is 0. The topological polar surface area (TPSA) is 59.8 Å². The van der Waals surface area contributed by atoms with E-state index in [2.05, 4.69) is 31.3 Å². The summed E-state index contributed by atoms with van der Waals surface area (Å²) in [5, 5.41) is 7.43. The molecule has 21 heavy (non-hydrogen) atoms. The first-order chi connectivity index (χ1) is 10.0. The van der Waals surface area contributed by atoms with Crippen LogP contribution in [-0.2, 0) is 4.79 Å². The fraction of sp³-hybridized carbons (Fsp3) is 0.308. The van der Waals surface area contributed by atoms with E-state index in [9.17, 15) is 4.79 Å². The van der Waals surface area contributed by atoms with E-state index in [0.717, 1.165) is 15.9 Å². The van der Waals surface area contributed by atoms with Crippen LogP contribution >= 0.6 is 39.3 Å². The highest BCUT2D eigenvalue weighted by Crippen LogP contribution is 2.23. The summed E-state index contributed by atoms with van der Waals surface area (Å²) in [6.07, 6.45) is 6.95. The van der Waals surface area contributed by atoms with E-state index < -0.39 is 0 Å². The quantitative estimate of drug-likeness (QED) is 0.848. The minimum atomic E-state index is -0.103. The molecule has 0 fully saturated rings. The van der Waals surface area contributed by atoms with E-state index in [1.54, 1.807) is 35.0 Å². The van der Waals surface area contributed by atoms with Crippen LogP contribution in [0, 0.1) is 5.92 Å².